The molecule has 0 aliphatic heterocycles. The van der Waals surface area contributed by atoms with Crippen LogP contribution in [0, 0.1) is 29.6 Å². The Kier molecular flexibility index (Phi) is 9.18. The summed E-state index contributed by atoms with van der Waals surface area (Å²) in [7, 11) is 0. The monoisotopic (exact) mass is 390 g/mol. The fourth-order valence-corrected chi connectivity index (χ4v) is 6.44. The van der Waals surface area contributed by atoms with E-state index in [2.05, 4.69) is 13.8 Å². The van der Waals surface area contributed by atoms with Crippen molar-refractivity contribution < 1.29 is 9.53 Å². The summed E-state index contributed by atoms with van der Waals surface area (Å²) in [6, 6.07) is 0. The Hall–Kier alpha value is -0.530. The van der Waals surface area contributed by atoms with Crippen molar-refractivity contribution in [2.75, 3.05) is 0 Å². The van der Waals surface area contributed by atoms with Crippen LogP contribution in [0.3, 0.4) is 0 Å². The van der Waals surface area contributed by atoms with Crippen LogP contribution in [0.2, 0.25) is 0 Å². The molecule has 28 heavy (non-hydrogen) atoms. The lowest BCUT2D eigenvalue weighted by Crippen LogP contribution is -2.32. The van der Waals surface area contributed by atoms with Crippen molar-refractivity contribution in [3.63, 3.8) is 0 Å². The fourth-order valence-electron chi connectivity index (χ4n) is 6.44. The Morgan fingerprint density at radius 2 is 1.43 bits per heavy atom. The van der Waals surface area contributed by atoms with Gasteiger partial charge >= 0.3 is 5.97 Å². The second-order valence-corrected chi connectivity index (χ2v) is 10.4. The van der Waals surface area contributed by atoms with Gasteiger partial charge in [0.2, 0.25) is 0 Å². The number of ether oxygens (including phenoxy) is 1. The van der Waals surface area contributed by atoms with Crippen LogP contribution in [0.1, 0.15) is 123 Å². The van der Waals surface area contributed by atoms with Crippen molar-refractivity contribution >= 4 is 5.97 Å². The van der Waals surface area contributed by atoms with Crippen molar-refractivity contribution in [1.82, 2.24) is 0 Å². The molecule has 0 saturated heterocycles. The van der Waals surface area contributed by atoms with E-state index in [-0.39, 0.29) is 18.0 Å². The molecule has 0 amide bonds. The van der Waals surface area contributed by atoms with Crippen LogP contribution in [-0.4, -0.2) is 12.1 Å². The predicted molar refractivity (Wildman–Crippen MR) is 117 cm³/mol. The van der Waals surface area contributed by atoms with Gasteiger partial charge in [0, 0.05) is 0 Å². The zero-order valence-electron chi connectivity index (χ0n) is 18.8. The normalized spacial score (nSPS) is 33.4. The average molecular weight is 391 g/mol. The van der Waals surface area contributed by atoms with Crippen molar-refractivity contribution in [1.29, 1.82) is 0 Å². The van der Waals surface area contributed by atoms with Gasteiger partial charge in [0.25, 0.3) is 0 Å². The van der Waals surface area contributed by atoms with E-state index in [0.29, 0.717) is 5.92 Å². The molecule has 3 rings (SSSR count). The van der Waals surface area contributed by atoms with Crippen molar-refractivity contribution in [2.45, 2.75) is 129 Å². The zero-order chi connectivity index (χ0) is 19.8. The highest BCUT2D eigenvalue weighted by Gasteiger charge is 2.34. The van der Waals surface area contributed by atoms with Crippen molar-refractivity contribution in [3.05, 3.63) is 0 Å². The van der Waals surface area contributed by atoms with Gasteiger partial charge < -0.3 is 4.74 Å². The molecule has 3 saturated carbocycles. The number of hydrogen-bond donors (Lipinski definition) is 0. The minimum atomic E-state index is 0.121. The van der Waals surface area contributed by atoms with Gasteiger partial charge in [-0.15, -0.1) is 0 Å². The van der Waals surface area contributed by atoms with Crippen LogP contribution < -0.4 is 0 Å². The Morgan fingerprint density at radius 3 is 2.04 bits per heavy atom. The maximum Gasteiger partial charge on any atom is 0.309 e. The molecule has 0 aromatic carbocycles. The third-order valence-corrected chi connectivity index (χ3v) is 8.49. The second kappa shape index (κ2) is 11.6. The molecule has 0 aromatic heterocycles. The van der Waals surface area contributed by atoms with Gasteiger partial charge in [-0.25, -0.2) is 0 Å². The molecule has 1 unspecified atom stereocenters. The first-order chi connectivity index (χ1) is 13.7. The quantitative estimate of drug-likeness (QED) is 0.313. The first-order valence-corrected chi connectivity index (χ1v) is 12.9. The van der Waals surface area contributed by atoms with E-state index in [1.54, 1.807) is 0 Å². The topological polar surface area (TPSA) is 26.3 Å². The Labute approximate surface area is 174 Å². The summed E-state index contributed by atoms with van der Waals surface area (Å²) in [5, 5.41) is 0. The molecule has 162 valence electrons. The van der Waals surface area contributed by atoms with E-state index in [0.717, 1.165) is 30.6 Å². The average Bonchev–Trinajstić information content (AvgIpc) is 2.75. The highest BCUT2D eigenvalue weighted by atomic mass is 16.5. The van der Waals surface area contributed by atoms with Gasteiger partial charge in [-0.05, 0) is 82.0 Å². The molecule has 0 spiro atoms. The summed E-state index contributed by atoms with van der Waals surface area (Å²) in [5.74, 6) is 3.76. The third-order valence-electron chi connectivity index (χ3n) is 8.49. The van der Waals surface area contributed by atoms with Gasteiger partial charge in [0.05, 0.1) is 5.92 Å². The summed E-state index contributed by atoms with van der Waals surface area (Å²) < 4.78 is 5.93. The van der Waals surface area contributed by atoms with E-state index in [9.17, 15) is 4.79 Å². The molecule has 0 N–H and O–H groups in total. The lowest BCUT2D eigenvalue weighted by atomic mass is 9.68. The summed E-state index contributed by atoms with van der Waals surface area (Å²) in [5.41, 5.74) is 0. The first-order valence-electron chi connectivity index (χ1n) is 12.9. The standard InChI is InChI=1S/C26H46O2/c1-3-4-6-9-21-12-14-23(15-13-21)24-16-18-25(19-17-24)26(27)28-20(2)22-10-7-5-8-11-22/h20-25H,3-19H2,1-2H3. The summed E-state index contributed by atoms with van der Waals surface area (Å²) in [6.45, 7) is 4.44. The van der Waals surface area contributed by atoms with E-state index in [1.807, 2.05) is 0 Å². The Morgan fingerprint density at radius 1 is 0.821 bits per heavy atom. The maximum absolute atomic E-state index is 12.7. The number of esters is 1. The van der Waals surface area contributed by atoms with E-state index < -0.39 is 0 Å². The van der Waals surface area contributed by atoms with E-state index in [4.69, 9.17) is 4.74 Å². The number of carbonyl (C=O) groups excluding carboxylic acids is 1. The van der Waals surface area contributed by atoms with Crippen LogP contribution in [0.4, 0.5) is 0 Å². The SMILES string of the molecule is CCCCCC1CCC(C2CCC(C(=O)OC(C)C3CCCCC3)CC2)CC1. The lowest BCUT2D eigenvalue weighted by Gasteiger charge is -2.38. The van der Waals surface area contributed by atoms with E-state index >= 15 is 0 Å². The van der Waals surface area contributed by atoms with Gasteiger partial charge in [0.15, 0.2) is 0 Å². The molecule has 2 nitrogen and oxygen atoms in total. The highest BCUT2D eigenvalue weighted by molar-refractivity contribution is 5.72. The zero-order valence-corrected chi connectivity index (χ0v) is 18.8. The molecule has 0 radical (unpaired) electrons. The fraction of sp³-hybridized carbons (Fsp3) is 0.962. The summed E-state index contributed by atoms with van der Waals surface area (Å²) in [6.07, 6.45) is 22.9. The van der Waals surface area contributed by atoms with Gasteiger partial charge in [-0.1, -0.05) is 64.7 Å². The lowest BCUT2D eigenvalue weighted by molar-refractivity contribution is -0.158. The molecule has 3 aliphatic carbocycles. The third kappa shape index (κ3) is 6.49. The van der Waals surface area contributed by atoms with E-state index in [1.165, 1.54) is 96.3 Å². The van der Waals surface area contributed by atoms with Crippen molar-refractivity contribution in [2.24, 2.45) is 29.6 Å². The summed E-state index contributed by atoms with van der Waals surface area (Å²) in [4.78, 5) is 12.7. The first kappa shape index (κ1) is 22.2. The smallest absolute Gasteiger partial charge is 0.309 e. The van der Waals surface area contributed by atoms with Crippen molar-refractivity contribution in [3.8, 4) is 0 Å². The molecule has 3 fully saturated rings. The molecule has 0 bridgehead atoms. The van der Waals surface area contributed by atoms with Crippen LogP contribution in [-0.2, 0) is 9.53 Å². The number of unbranched alkanes of at least 4 members (excludes halogenated alkanes) is 2. The van der Waals surface area contributed by atoms with Gasteiger partial charge in [-0.2, -0.15) is 0 Å². The highest BCUT2D eigenvalue weighted by Crippen LogP contribution is 2.42. The van der Waals surface area contributed by atoms with Gasteiger partial charge in [-0.3, -0.25) is 4.79 Å². The maximum atomic E-state index is 12.7. The van der Waals surface area contributed by atoms with Crippen LogP contribution in [0.25, 0.3) is 0 Å². The van der Waals surface area contributed by atoms with Gasteiger partial charge in [0.1, 0.15) is 6.10 Å². The van der Waals surface area contributed by atoms with Crippen LogP contribution >= 0.6 is 0 Å². The number of carbonyl (C=O) groups is 1. The molecule has 3 aliphatic rings. The number of rotatable bonds is 8. The molecule has 0 heterocycles. The minimum Gasteiger partial charge on any atom is -0.462 e. The minimum absolute atomic E-state index is 0.121. The second-order valence-electron chi connectivity index (χ2n) is 10.4. The Balaban J connectivity index is 1.33. The Bertz CT molecular complexity index is 437. The number of hydrogen-bond acceptors (Lipinski definition) is 2. The molecule has 1 atom stereocenters. The molecular formula is C26H46O2. The molecule has 0 aromatic rings. The predicted octanol–water partition coefficient (Wildman–Crippen LogP) is 7.69. The largest absolute Gasteiger partial charge is 0.462 e. The van der Waals surface area contributed by atoms with Crippen LogP contribution in [0.5, 0.6) is 0 Å². The summed E-state index contributed by atoms with van der Waals surface area (Å²) >= 11 is 0. The molecule has 2 heteroatoms. The van der Waals surface area contributed by atoms with Crippen LogP contribution in [0.15, 0.2) is 0 Å². The molecular weight excluding hydrogens is 344 g/mol.